The van der Waals surface area contributed by atoms with Crippen molar-refractivity contribution in [2.45, 2.75) is 0 Å². The Hall–Kier alpha value is -2.55. The number of anilines is 1. The summed E-state index contributed by atoms with van der Waals surface area (Å²) in [6, 6.07) is 14.1. The Kier molecular flexibility index (Phi) is 2.38. The summed E-state index contributed by atoms with van der Waals surface area (Å²) in [4.78, 5) is 12.1. The van der Waals surface area contributed by atoms with Gasteiger partial charge in [0.15, 0.2) is 0 Å². The molecule has 3 rings (SSSR count). The van der Waals surface area contributed by atoms with Gasteiger partial charge >= 0.3 is 0 Å². The Morgan fingerprint density at radius 3 is 2.44 bits per heavy atom. The van der Waals surface area contributed by atoms with Gasteiger partial charge < -0.3 is 10.4 Å². The molecule has 0 fully saturated rings. The third-order valence-corrected chi connectivity index (χ3v) is 2.89. The standard InChI is InChI=1S/C15H11NO2/c17-11-7-5-10(6-8-11)9-14-15(18)12-3-1-2-4-13(12)16-14/h1-9,16-17H. The summed E-state index contributed by atoms with van der Waals surface area (Å²) < 4.78 is 0. The van der Waals surface area contributed by atoms with E-state index >= 15 is 0 Å². The fraction of sp³-hybridized carbons (Fsp3) is 0. The van der Waals surface area contributed by atoms with E-state index in [4.69, 9.17) is 0 Å². The van der Waals surface area contributed by atoms with E-state index in [1.54, 1.807) is 30.3 Å². The van der Waals surface area contributed by atoms with Gasteiger partial charge in [-0.2, -0.15) is 0 Å². The number of carbonyl (C=O) groups excluding carboxylic acids is 1. The van der Waals surface area contributed by atoms with E-state index < -0.39 is 0 Å². The Morgan fingerprint density at radius 1 is 1.00 bits per heavy atom. The van der Waals surface area contributed by atoms with Gasteiger partial charge in [-0.1, -0.05) is 24.3 Å². The average Bonchev–Trinajstić information content (AvgIpc) is 2.70. The van der Waals surface area contributed by atoms with Crippen molar-refractivity contribution < 1.29 is 9.90 Å². The first-order chi connectivity index (χ1) is 8.74. The van der Waals surface area contributed by atoms with Gasteiger partial charge in [0.05, 0.1) is 5.70 Å². The molecule has 0 spiro atoms. The third-order valence-electron chi connectivity index (χ3n) is 2.89. The van der Waals surface area contributed by atoms with Gasteiger partial charge in [0.2, 0.25) is 5.78 Å². The van der Waals surface area contributed by atoms with Crippen LogP contribution in [0.25, 0.3) is 6.08 Å². The Morgan fingerprint density at radius 2 is 1.72 bits per heavy atom. The van der Waals surface area contributed by atoms with Crippen molar-refractivity contribution in [3.05, 3.63) is 65.4 Å². The van der Waals surface area contributed by atoms with Gasteiger partial charge in [-0.05, 0) is 35.9 Å². The van der Waals surface area contributed by atoms with Crippen molar-refractivity contribution in [1.82, 2.24) is 0 Å². The van der Waals surface area contributed by atoms with E-state index in [1.165, 1.54) is 0 Å². The number of hydrogen-bond donors (Lipinski definition) is 2. The molecule has 3 heteroatoms. The van der Waals surface area contributed by atoms with Crippen LogP contribution in [0.1, 0.15) is 15.9 Å². The number of nitrogens with one attached hydrogen (secondary N) is 1. The smallest absolute Gasteiger partial charge is 0.211 e. The average molecular weight is 237 g/mol. The second kappa shape index (κ2) is 4.04. The maximum atomic E-state index is 12.1. The number of allylic oxidation sites excluding steroid dienone is 1. The van der Waals surface area contributed by atoms with Crippen molar-refractivity contribution in [2.24, 2.45) is 0 Å². The molecule has 18 heavy (non-hydrogen) atoms. The molecule has 0 aromatic heterocycles. The lowest BCUT2D eigenvalue weighted by Crippen LogP contribution is -1.99. The number of carbonyl (C=O) groups is 1. The summed E-state index contributed by atoms with van der Waals surface area (Å²) >= 11 is 0. The second-order valence-electron chi connectivity index (χ2n) is 4.15. The predicted octanol–water partition coefficient (Wildman–Crippen LogP) is 3.04. The number of ketones is 1. The van der Waals surface area contributed by atoms with E-state index in [1.807, 2.05) is 24.3 Å². The van der Waals surface area contributed by atoms with Crippen molar-refractivity contribution >= 4 is 17.5 Å². The molecule has 2 aromatic carbocycles. The maximum absolute atomic E-state index is 12.1. The first-order valence-corrected chi connectivity index (χ1v) is 5.65. The highest BCUT2D eigenvalue weighted by Gasteiger charge is 2.23. The number of aromatic hydroxyl groups is 1. The molecular formula is C15H11NO2. The molecular weight excluding hydrogens is 226 g/mol. The van der Waals surface area contributed by atoms with Gasteiger partial charge in [-0.3, -0.25) is 4.79 Å². The molecule has 0 bridgehead atoms. The van der Waals surface area contributed by atoms with Crippen molar-refractivity contribution in [2.75, 3.05) is 5.32 Å². The van der Waals surface area contributed by atoms with E-state index in [2.05, 4.69) is 5.32 Å². The van der Waals surface area contributed by atoms with Crippen LogP contribution in [0.2, 0.25) is 0 Å². The number of Topliss-reactive ketones (excluding diaryl/α,β-unsaturated/α-hetero) is 1. The number of phenolic OH excluding ortho intramolecular Hbond substituents is 1. The molecule has 0 radical (unpaired) electrons. The number of phenols is 1. The van der Waals surface area contributed by atoms with Gasteiger partial charge in [-0.25, -0.2) is 0 Å². The minimum atomic E-state index is -0.00123. The van der Waals surface area contributed by atoms with Gasteiger partial charge in [0.1, 0.15) is 5.75 Å². The quantitative estimate of drug-likeness (QED) is 0.749. The fourth-order valence-electron chi connectivity index (χ4n) is 1.98. The summed E-state index contributed by atoms with van der Waals surface area (Å²) in [6.45, 7) is 0. The van der Waals surface area contributed by atoms with E-state index in [9.17, 15) is 9.90 Å². The number of para-hydroxylation sites is 1. The summed E-state index contributed by atoms with van der Waals surface area (Å²) in [5.74, 6) is 0.213. The van der Waals surface area contributed by atoms with Crippen molar-refractivity contribution in [1.29, 1.82) is 0 Å². The Bertz CT molecular complexity index is 642. The monoisotopic (exact) mass is 237 g/mol. The first kappa shape index (κ1) is 10.6. The van der Waals surface area contributed by atoms with Crippen LogP contribution >= 0.6 is 0 Å². The second-order valence-corrected chi connectivity index (χ2v) is 4.15. The molecule has 1 aliphatic heterocycles. The van der Waals surface area contributed by atoms with Crippen LogP contribution in [0, 0.1) is 0 Å². The highest BCUT2D eigenvalue weighted by Crippen LogP contribution is 2.28. The Balaban J connectivity index is 1.97. The maximum Gasteiger partial charge on any atom is 0.211 e. The molecule has 3 nitrogen and oxygen atoms in total. The molecule has 0 saturated carbocycles. The number of hydrogen-bond acceptors (Lipinski definition) is 3. The first-order valence-electron chi connectivity index (χ1n) is 5.65. The highest BCUT2D eigenvalue weighted by atomic mass is 16.3. The van der Waals surface area contributed by atoms with Crippen molar-refractivity contribution in [3.8, 4) is 5.75 Å². The van der Waals surface area contributed by atoms with Crippen LogP contribution in [-0.2, 0) is 0 Å². The Labute approximate surface area is 104 Å². The minimum absolute atomic E-state index is 0.00123. The topological polar surface area (TPSA) is 49.3 Å². The largest absolute Gasteiger partial charge is 0.508 e. The zero-order chi connectivity index (χ0) is 12.5. The highest BCUT2D eigenvalue weighted by molar-refractivity contribution is 6.20. The molecule has 2 aromatic rings. The van der Waals surface area contributed by atoms with Gasteiger partial charge in [0.25, 0.3) is 0 Å². The van der Waals surface area contributed by atoms with E-state index in [0.29, 0.717) is 11.3 Å². The van der Waals surface area contributed by atoms with Crippen molar-refractivity contribution in [3.63, 3.8) is 0 Å². The lowest BCUT2D eigenvalue weighted by atomic mass is 10.1. The lowest BCUT2D eigenvalue weighted by molar-refractivity contribution is 0.104. The zero-order valence-corrected chi connectivity index (χ0v) is 9.55. The summed E-state index contributed by atoms with van der Waals surface area (Å²) in [6.07, 6.45) is 1.78. The summed E-state index contributed by atoms with van der Waals surface area (Å²) in [5, 5.41) is 12.3. The number of benzene rings is 2. The molecule has 0 unspecified atom stereocenters. The zero-order valence-electron chi connectivity index (χ0n) is 9.55. The van der Waals surface area contributed by atoms with Crippen LogP contribution in [0.15, 0.2) is 54.2 Å². The van der Waals surface area contributed by atoms with Gasteiger partial charge in [-0.15, -0.1) is 0 Å². The van der Waals surface area contributed by atoms with Gasteiger partial charge in [0, 0.05) is 11.3 Å². The molecule has 0 aliphatic carbocycles. The SMILES string of the molecule is O=C1C(=Cc2ccc(O)cc2)Nc2ccccc21. The molecule has 88 valence electrons. The summed E-state index contributed by atoms with van der Waals surface area (Å²) in [7, 11) is 0. The molecule has 0 atom stereocenters. The van der Waals surface area contributed by atoms with Crippen LogP contribution in [-0.4, -0.2) is 10.9 Å². The lowest BCUT2D eigenvalue weighted by Gasteiger charge is -1.99. The van der Waals surface area contributed by atoms with Crippen LogP contribution in [0.5, 0.6) is 5.75 Å². The number of fused-ring (bicyclic) bond motifs is 1. The molecule has 1 aliphatic rings. The minimum Gasteiger partial charge on any atom is -0.508 e. The number of rotatable bonds is 1. The predicted molar refractivity (Wildman–Crippen MR) is 70.5 cm³/mol. The molecule has 1 heterocycles. The van der Waals surface area contributed by atoms with Crippen LogP contribution < -0.4 is 5.32 Å². The normalized spacial score (nSPS) is 15.6. The van der Waals surface area contributed by atoms with Crippen LogP contribution in [0.3, 0.4) is 0 Å². The molecule has 0 saturated heterocycles. The van der Waals surface area contributed by atoms with E-state index in [0.717, 1.165) is 11.3 Å². The van der Waals surface area contributed by atoms with Crippen LogP contribution in [0.4, 0.5) is 5.69 Å². The summed E-state index contributed by atoms with van der Waals surface area (Å²) in [5.41, 5.74) is 2.97. The fourth-order valence-corrected chi connectivity index (χ4v) is 1.98. The third kappa shape index (κ3) is 1.76. The van der Waals surface area contributed by atoms with E-state index in [-0.39, 0.29) is 11.5 Å². The molecule has 0 amide bonds. The molecule has 2 N–H and O–H groups in total.